The Kier molecular flexibility index (Phi) is 4.05. The molecule has 1 saturated carbocycles. The quantitative estimate of drug-likeness (QED) is 0.508. The number of rotatable bonds is 5. The molecule has 0 spiro atoms. The van der Waals surface area contributed by atoms with Crippen LogP contribution in [-0.4, -0.2) is 29.7 Å². The zero-order valence-electron chi connectivity index (χ0n) is 15.8. The number of nitrogens with two attached hydrogens (primary N) is 1. The highest BCUT2D eigenvalue weighted by Crippen LogP contribution is 2.37. The van der Waals surface area contributed by atoms with E-state index < -0.39 is 0 Å². The van der Waals surface area contributed by atoms with Gasteiger partial charge in [-0.2, -0.15) is 0 Å². The minimum absolute atomic E-state index is 0.00565. The molecule has 0 aliphatic heterocycles. The topological polar surface area (TPSA) is 138 Å². The molecule has 1 aliphatic rings. The van der Waals surface area contributed by atoms with Crippen LogP contribution in [0.4, 0.5) is 11.6 Å². The first-order chi connectivity index (χ1) is 14.0. The van der Waals surface area contributed by atoms with E-state index in [1.165, 1.54) is 17.7 Å². The van der Waals surface area contributed by atoms with Gasteiger partial charge in [0.2, 0.25) is 5.89 Å². The summed E-state index contributed by atoms with van der Waals surface area (Å²) in [6.45, 7) is 3.63. The van der Waals surface area contributed by atoms with Gasteiger partial charge in [0.25, 0.3) is 11.4 Å². The van der Waals surface area contributed by atoms with Crippen molar-refractivity contribution in [2.24, 2.45) is 0 Å². The third-order valence-electron chi connectivity index (χ3n) is 4.81. The third kappa shape index (κ3) is 3.03. The molecule has 11 heteroatoms. The van der Waals surface area contributed by atoms with E-state index >= 15 is 0 Å². The highest BCUT2D eigenvalue weighted by atomic mass is 32.1. The monoisotopic (exact) mass is 410 g/mol. The van der Waals surface area contributed by atoms with E-state index in [4.69, 9.17) is 15.1 Å². The van der Waals surface area contributed by atoms with Crippen molar-refractivity contribution in [2.45, 2.75) is 38.8 Å². The van der Waals surface area contributed by atoms with Crippen molar-refractivity contribution in [2.75, 3.05) is 11.1 Å². The van der Waals surface area contributed by atoms with Crippen molar-refractivity contribution >= 4 is 33.2 Å². The molecule has 4 heterocycles. The highest BCUT2D eigenvalue weighted by Gasteiger charge is 2.31. The van der Waals surface area contributed by atoms with E-state index in [0.717, 1.165) is 12.8 Å². The van der Waals surface area contributed by atoms with Crippen LogP contribution >= 0.6 is 11.3 Å². The van der Waals surface area contributed by atoms with Gasteiger partial charge in [-0.15, -0.1) is 21.5 Å². The first-order valence-corrected chi connectivity index (χ1v) is 10.1. The molecule has 29 heavy (non-hydrogen) atoms. The fraction of sp³-hybridized carbons (Fsp3) is 0.333. The summed E-state index contributed by atoms with van der Waals surface area (Å²) >= 11 is 1.42. The molecule has 1 aliphatic carbocycles. The second kappa shape index (κ2) is 6.62. The van der Waals surface area contributed by atoms with Crippen LogP contribution in [0.3, 0.4) is 0 Å². The van der Waals surface area contributed by atoms with Gasteiger partial charge < -0.3 is 15.5 Å². The Bertz CT molecular complexity index is 1270. The summed E-state index contributed by atoms with van der Waals surface area (Å²) in [4.78, 5) is 26.1. The Morgan fingerprint density at radius 3 is 2.90 bits per heavy atom. The smallest absolute Gasteiger partial charge is 0.271 e. The fourth-order valence-electron chi connectivity index (χ4n) is 3.32. The van der Waals surface area contributed by atoms with Crippen molar-refractivity contribution in [1.82, 2.24) is 29.7 Å². The molecule has 0 amide bonds. The number of aromatic nitrogens is 6. The van der Waals surface area contributed by atoms with Gasteiger partial charge in [0, 0.05) is 13.0 Å². The van der Waals surface area contributed by atoms with Gasteiger partial charge in [-0.1, -0.05) is 0 Å². The maximum atomic E-state index is 13.0. The van der Waals surface area contributed by atoms with Gasteiger partial charge >= 0.3 is 0 Å². The summed E-state index contributed by atoms with van der Waals surface area (Å²) in [5.74, 6) is 1.97. The Morgan fingerprint density at radius 1 is 1.34 bits per heavy atom. The molecule has 0 radical (unpaired) electrons. The molecule has 0 aromatic carbocycles. The number of aryl methyl sites for hydroxylation is 1. The zero-order chi connectivity index (χ0) is 20.1. The van der Waals surface area contributed by atoms with Crippen LogP contribution in [0.15, 0.2) is 27.0 Å². The number of hydrogen-bond acceptors (Lipinski definition) is 10. The summed E-state index contributed by atoms with van der Waals surface area (Å²) < 4.78 is 8.01. The summed E-state index contributed by atoms with van der Waals surface area (Å²) in [6, 6.07) is 1.74. The Balaban J connectivity index is 1.59. The van der Waals surface area contributed by atoms with E-state index in [-0.39, 0.29) is 29.4 Å². The number of nitrogens with one attached hydrogen (secondary N) is 1. The van der Waals surface area contributed by atoms with E-state index in [2.05, 4.69) is 25.5 Å². The van der Waals surface area contributed by atoms with Crippen molar-refractivity contribution < 1.29 is 4.42 Å². The molecule has 148 valence electrons. The second-order valence-corrected chi connectivity index (χ2v) is 7.90. The Morgan fingerprint density at radius 2 is 2.17 bits per heavy atom. The summed E-state index contributed by atoms with van der Waals surface area (Å²) in [7, 11) is 0. The van der Waals surface area contributed by atoms with Crippen molar-refractivity contribution in [1.29, 1.82) is 0 Å². The van der Waals surface area contributed by atoms with Gasteiger partial charge in [0.05, 0.1) is 11.6 Å². The van der Waals surface area contributed by atoms with Gasteiger partial charge in [0.15, 0.2) is 0 Å². The van der Waals surface area contributed by atoms with Crippen LogP contribution in [-0.2, 0) is 0 Å². The summed E-state index contributed by atoms with van der Waals surface area (Å²) in [5, 5.41) is 13.1. The van der Waals surface area contributed by atoms with Crippen molar-refractivity contribution in [3.8, 4) is 11.5 Å². The maximum Gasteiger partial charge on any atom is 0.271 e. The highest BCUT2D eigenvalue weighted by molar-refractivity contribution is 7.17. The van der Waals surface area contributed by atoms with Gasteiger partial charge in [-0.05, 0) is 31.2 Å². The number of fused-ring (bicyclic) bond motifs is 1. The summed E-state index contributed by atoms with van der Waals surface area (Å²) in [6.07, 6.45) is 3.32. The lowest BCUT2D eigenvalue weighted by Crippen LogP contribution is -2.27. The second-order valence-electron chi connectivity index (χ2n) is 6.99. The number of anilines is 2. The fourth-order valence-corrected chi connectivity index (χ4v) is 4.09. The van der Waals surface area contributed by atoms with Crippen LogP contribution in [0.2, 0.25) is 0 Å². The lowest BCUT2D eigenvalue weighted by atomic mass is 10.2. The normalized spacial score (nSPS) is 15.0. The van der Waals surface area contributed by atoms with E-state index in [9.17, 15) is 4.79 Å². The Labute approximate surface area is 168 Å². The molecule has 0 saturated heterocycles. The van der Waals surface area contributed by atoms with Crippen LogP contribution in [0.5, 0.6) is 0 Å². The minimum Gasteiger partial charge on any atom is -0.421 e. The number of thiophene rings is 1. The van der Waals surface area contributed by atoms with Crippen LogP contribution in [0.25, 0.3) is 21.7 Å². The van der Waals surface area contributed by atoms with Crippen LogP contribution in [0.1, 0.15) is 43.6 Å². The number of nitrogens with zero attached hydrogens (tertiary/aromatic N) is 6. The zero-order valence-corrected chi connectivity index (χ0v) is 16.6. The predicted octanol–water partition coefficient (Wildman–Crippen LogP) is 2.70. The Hall–Kier alpha value is -3.34. The largest absolute Gasteiger partial charge is 0.421 e. The SMILES string of the molecule is Cc1nnc(-c2c(N)ncnc2N[C@@H](C)c2nc3ccsc3c(=O)n2C2CC2)o1. The number of hydrogen-bond donors (Lipinski definition) is 2. The lowest BCUT2D eigenvalue weighted by Gasteiger charge is -2.20. The average molecular weight is 410 g/mol. The molecule has 4 aromatic heterocycles. The lowest BCUT2D eigenvalue weighted by molar-refractivity contribution is 0.532. The van der Waals surface area contributed by atoms with Gasteiger partial charge in [-0.25, -0.2) is 15.0 Å². The van der Waals surface area contributed by atoms with Crippen LogP contribution in [0, 0.1) is 6.92 Å². The summed E-state index contributed by atoms with van der Waals surface area (Å²) in [5.41, 5.74) is 7.20. The number of nitrogen functional groups attached to an aromatic ring is 1. The molecule has 0 unspecified atom stereocenters. The third-order valence-corrected chi connectivity index (χ3v) is 5.70. The molecule has 1 fully saturated rings. The molecule has 5 rings (SSSR count). The predicted molar refractivity (Wildman–Crippen MR) is 109 cm³/mol. The van der Waals surface area contributed by atoms with Crippen molar-refractivity contribution in [3.63, 3.8) is 0 Å². The van der Waals surface area contributed by atoms with Crippen LogP contribution < -0.4 is 16.6 Å². The first kappa shape index (κ1) is 17.7. The minimum atomic E-state index is -0.315. The van der Waals surface area contributed by atoms with Gasteiger partial charge in [-0.3, -0.25) is 9.36 Å². The first-order valence-electron chi connectivity index (χ1n) is 9.20. The van der Waals surface area contributed by atoms with Gasteiger partial charge in [0.1, 0.15) is 34.1 Å². The molecule has 1 atom stereocenters. The van der Waals surface area contributed by atoms with E-state index in [0.29, 0.717) is 33.3 Å². The molecule has 10 nitrogen and oxygen atoms in total. The average Bonchev–Trinajstić information content (AvgIpc) is 3.24. The molecule has 3 N–H and O–H groups in total. The standard InChI is InChI=1S/C18H18N8O2S/c1-8(16-23-11-5-6-29-13(11)18(27)26(16)10-3-4-10)22-15-12(14(19)20-7-21-15)17-25-24-9(2)28-17/h5-8,10H,3-4H2,1-2H3,(H3,19,20,21,22)/t8-/m0/s1. The van der Waals surface area contributed by atoms with E-state index in [1.54, 1.807) is 11.5 Å². The maximum absolute atomic E-state index is 13.0. The molecular formula is C18H18N8O2S. The molecule has 0 bridgehead atoms. The van der Waals surface area contributed by atoms with E-state index in [1.807, 2.05) is 18.4 Å². The molecular weight excluding hydrogens is 392 g/mol. The molecule has 4 aromatic rings. The van der Waals surface area contributed by atoms with Crippen molar-refractivity contribution in [3.05, 3.63) is 39.8 Å².